The lowest BCUT2D eigenvalue weighted by atomic mass is 10.1. The van der Waals surface area contributed by atoms with E-state index >= 15 is 0 Å². The van der Waals surface area contributed by atoms with Crippen molar-refractivity contribution in [2.45, 2.75) is 19.8 Å². The zero-order chi connectivity index (χ0) is 17.1. The lowest BCUT2D eigenvalue weighted by Crippen LogP contribution is -2.28. The molecule has 1 atom stereocenters. The van der Waals surface area contributed by atoms with Gasteiger partial charge in [-0.25, -0.2) is 4.39 Å². The predicted molar refractivity (Wildman–Crippen MR) is 91.3 cm³/mol. The fourth-order valence-corrected chi connectivity index (χ4v) is 2.97. The maximum absolute atomic E-state index is 13.9. The molecule has 4 nitrogen and oxygen atoms in total. The Kier molecular flexibility index (Phi) is 4.60. The van der Waals surface area contributed by atoms with Crippen molar-refractivity contribution in [3.63, 3.8) is 0 Å². The number of aryl methyl sites for hydroxylation is 1. The Morgan fingerprint density at radius 3 is 2.67 bits per heavy atom. The van der Waals surface area contributed by atoms with Crippen LogP contribution in [0.2, 0.25) is 0 Å². The molecule has 2 aromatic rings. The Bertz CT molecular complexity index is 775. The highest BCUT2D eigenvalue weighted by molar-refractivity contribution is 6.03. The molecule has 2 amide bonds. The number of benzene rings is 2. The van der Waals surface area contributed by atoms with E-state index in [0.29, 0.717) is 0 Å². The average Bonchev–Trinajstić information content (AvgIpc) is 2.97. The highest BCUT2D eigenvalue weighted by atomic mass is 19.1. The van der Waals surface area contributed by atoms with Crippen molar-refractivity contribution in [1.82, 2.24) is 0 Å². The van der Waals surface area contributed by atoms with Crippen LogP contribution in [0.25, 0.3) is 0 Å². The third kappa shape index (κ3) is 3.15. The average molecular weight is 326 g/mol. The van der Waals surface area contributed by atoms with E-state index in [1.165, 1.54) is 11.0 Å². The Morgan fingerprint density at radius 2 is 1.92 bits per heavy atom. The number of nitrogens with one attached hydrogen (secondary N) is 1. The molecule has 3 rings (SSSR count). The number of hydrogen-bond acceptors (Lipinski definition) is 2. The summed E-state index contributed by atoms with van der Waals surface area (Å²) in [6.07, 6.45) is 0.899. The summed E-state index contributed by atoms with van der Waals surface area (Å²) >= 11 is 0. The summed E-state index contributed by atoms with van der Waals surface area (Å²) in [4.78, 5) is 26.1. The molecule has 1 heterocycles. The number of carbonyl (C=O) groups excluding carboxylic acids is 2. The van der Waals surface area contributed by atoms with Gasteiger partial charge in [0.15, 0.2) is 0 Å². The lowest BCUT2D eigenvalue weighted by molar-refractivity contribution is -0.122. The van der Waals surface area contributed by atoms with Gasteiger partial charge in [0.25, 0.3) is 0 Å². The molecule has 1 N–H and O–H groups in total. The Hall–Kier alpha value is -2.69. The summed E-state index contributed by atoms with van der Waals surface area (Å²) in [7, 11) is 0. The summed E-state index contributed by atoms with van der Waals surface area (Å²) in [5.74, 6) is -1.38. The zero-order valence-corrected chi connectivity index (χ0v) is 13.5. The molecule has 1 aliphatic heterocycles. The summed E-state index contributed by atoms with van der Waals surface area (Å²) in [5, 5.41) is 2.90. The highest BCUT2D eigenvalue weighted by Gasteiger charge is 2.36. The molecule has 5 heteroatoms. The van der Waals surface area contributed by atoms with Crippen LogP contribution >= 0.6 is 0 Å². The van der Waals surface area contributed by atoms with E-state index in [9.17, 15) is 14.0 Å². The van der Waals surface area contributed by atoms with Gasteiger partial charge in [0.2, 0.25) is 11.8 Å². The second-order valence-corrected chi connectivity index (χ2v) is 5.86. The maximum atomic E-state index is 13.9. The van der Waals surface area contributed by atoms with E-state index in [1.807, 2.05) is 31.2 Å². The topological polar surface area (TPSA) is 49.4 Å². The number of carbonyl (C=O) groups is 2. The van der Waals surface area contributed by atoms with Crippen LogP contribution in [0.1, 0.15) is 18.9 Å². The molecule has 124 valence electrons. The largest absolute Gasteiger partial charge is 0.326 e. The van der Waals surface area contributed by atoms with E-state index in [1.54, 1.807) is 18.2 Å². The molecule has 1 aliphatic rings. The van der Waals surface area contributed by atoms with Crippen molar-refractivity contribution >= 4 is 23.2 Å². The van der Waals surface area contributed by atoms with E-state index < -0.39 is 11.7 Å². The SMILES string of the molecule is CCc1ccccc1NC(=O)[C@H]1CC(=O)N(c2ccccc2F)C1. The van der Waals surface area contributed by atoms with Crippen molar-refractivity contribution in [1.29, 1.82) is 0 Å². The molecule has 0 aliphatic carbocycles. The summed E-state index contributed by atoms with van der Waals surface area (Å²) in [6.45, 7) is 2.21. The molecule has 0 spiro atoms. The van der Waals surface area contributed by atoms with Crippen LogP contribution in [0.4, 0.5) is 15.8 Å². The molecule has 1 saturated heterocycles. The van der Waals surface area contributed by atoms with Gasteiger partial charge in [-0.2, -0.15) is 0 Å². The normalized spacial score (nSPS) is 17.2. The number of nitrogens with zero attached hydrogens (tertiary/aromatic N) is 1. The quantitative estimate of drug-likeness (QED) is 0.936. The molecule has 0 bridgehead atoms. The van der Waals surface area contributed by atoms with Crippen molar-refractivity contribution in [2.75, 3.05) is 16.8 Å². The molecular formula is C19H19FN2O2. The maximum Gasteiger partial charge on any atom is 0.229 e. The van der Waals surface area contributed by atoms with Gasteiger partial charge in [-0.15, -0.1) is 0 Å². The van der Waals surface area contributed by atoms with Crippen LogP contribution in [0.15, 0.2) is 48.5 Å². The lowest BCUT2D eigenvalue weighted by Gasteiger charge is -2.17. The minimum absolute atomic E-state index is 0.0917. The van der Waals surface area contributed by atoms with Gasteiger partial charge in [0.1, 0.15) is 5.82 Å². The predicted octanol–water partition coefficient (Wildman–Crippen LogP) is 3.38. The minimum atomic E-state index is -0.484. The summed E-state index contributed by atoms with van der Waals surface area (Å²) < 4.78 is 13.9. The second kappa shape index (κ2) is 6.83. The van der Waals surface area contributed by atoms with Gasteiger partial charge >= 0.3 is 0 Å². The smallest absolute Gasteiger partial charge is 0.229 e. The van der Waals surface area contributed by atoms with Crippen LogP contribution in [-0.2, 0) is 16.0 Å². The highest BCUT2D eigenvalue weighted by Crippen LogP contribution is 2.28. The zero-order valence-electron chi connectivity index (χ0n) is 13.5. The number of hydrogen-bond donors (Lipinski definition) is 1. The van der Waals surface area contributed by atoms with Crippen LogP contribution in [0.5, 0.6) is 0 Å². The van der Waals surface area contributed by atoms with E-state index in [-0.39, 0.29) is 30.5 Å². The fraction of sp³-hybridized carbons (Fsp3) is 0.263. The number of halogens is 1. The van der Waals surface area contributed by atoms with Crippen molar-refractivity contribution in [3.8, 4) is 0 Å². The van der Waals surface area contributed by atoms with Gasteiger partial charge in [-0.1, -0.05) is 37.3 Å². The number of rotatable bonds is 4. The molecule has 0 unspecified atom stereocenters. The van der Waals surface area contributed by atoms with E-state index in [4.69, 9.17) is 0 Å². The number of amides is 2. The molecule has 24 heavy (non-hydrogen) atoms. The van der Waals surface area contributed by atoms with Gasteiger partial charge in [0, 0.05) is 18.7 Å². The van der Waals surface area contributed by atoms with Crippen LogP contribution in [-0.4, -0.2) is 18.4 Å². The Morgan fingerprint density at radius 1 is 1.21 bits per heavy atom. The van der Waals surface area contributed by atoms with Crippen molar-refractivity contribution < 1.29 is 14.0 Å². The summed E-state index contributed by atoms with van der Waals surface area (Å²) in [6, 6.07) is 13.7. The van der Waals surface area contributed by atoms with Crippen molar-refractivity contribution in [2.24, 2.45) is 5.92 Å². The van der Waals surface area contributed by atoms with Gasteiger partial charge < -0.3 is 10.2 Å². The first-order valence-electron chi connectivity index (χ1n) is 8.03. The molecular weight excluding hydrogens is 307 g/mol. The van der Waals surface area contributed by atoms with Crippen molar-refractivity contribution in [3.05, 3.63) is 59.9 Å². The third-order valence-electron chi connectivity index (χ3n) is 4.30. The molecule has 0 saturated carbocycles. The Balaban J connectivity index is 1.74. The molecule has 1 fully saturated rings. The van der Waals surface area contributed by atoms with Crippen LogP contribution in [0, 0.1) is 11.7 Å². The first-order valence-corrected chi connectivity index (χ1v) is 8.03. The van der Waals surface area contributed by atoms with Gasteiger partial charge in [-0.05, 0) is 30.2 Å². The monoisotopic (exact) mass is 326 g/mol. The van der Waals surface area contributed by atoms with E-state index in [2.05, 4.69) is 5.32 Å². The van der Waals surface area contributed by atoms with E-state index in [0.717, 1.165) is 17.7 Å². The first-order chi connectivity index (χ1) is 11.6. The molecule has 0 radical (unpaired) electrons. The standard InChI is InChI=1S/C19H19FN2O2/c1-2-13-7-3-5-9-16(13)21-19(24)14-11-18(23)22(12-14)17-10-6-4-8-15(17)20/h3-10,14H,2,11-12H2,1H3,(H,21,24)/t14-/m0/s1. The Labute approximate surface area is 140 Å². The minimum Gasteiger partial charge on any atom is -0.326 e. The molecule has 2 aromatic carbocycles. The van der Waals surface area contributed by atoms with Crippen LogP contribution < -0.4 is 10.2 Å². The molecule has 0 aromatic heterocycles. The summed E-state index contributed by atoms with van der Waals surface area (Å²) in [5.41, 5.74) is 2.04. The number of anilines is 2. The van der Waals surface area contributed by atoms with Gasteiger partial charge in [-0.3, -0.25) is 9.59 Å². The van der Waals surface area contributed by atoms with Crippen LogP contribution in [0.3, 0.4) is 0 Å². The third-order valence-corrected chi connectivity index (χ3v) is 4.30. The van der Waals surface area contributed by atoms with Gasteiger partial charge in [0.05, 0.1) is 11.6 Å². The second-order valence-electron chi connectivity index (χ2n) is 5.86. The fourth-order valence-electron chi connectivity index (χ4n) is 2.97. The number of para-hydroxylation sites is 2. The first kappa shape index (κ1) is 16.2.